The highest BCUT2D eigenvalue weighted by Crippen LogP contribution is 2.03. The van der Waals surface area contributed by atoms with Crippen LogP contribution < -0.4 is 5.23 Å². The van der Waals surface area contributed by atoms with Crippen molar-refractivity contribution in [2.45, 2.75) is 12.5 Å². The van der Waals surface area contributed by atoms with E-state index in [2.05, 4.69) is 5.23 Å². The second kappa shape index (κ2) is 5.50. The number of carboxylic acids is 1. The first-order chi connectivity index (χ1) is 7.09. The summed E-state index contributed by atoms with van der Waals surface area (Å²) < 4.78 is 0. The third-order valence-corrected chi connectivity index (χ3v) is 1.93. The molecule has 0 aliphatic rings. The SMILES string of the molecule is O=C(O)[C@H](Cc1ccccc1)NB(O)O. The molecular formula is C9H12BNO4. The van der Waals surface area contributed by atoms with Crippen LogP contribution in [0.3, 0.4) is 0 Å². The van der Waals surface area contributed by atoms with Crippen LogP contribution in [0.25, 0.3) is 0 Å². The number of carbonyl (C=O) groups is 1. The predicted octanol–water partition coefficient (Wildman–Crippen LogP) is -0.759. The molecule has 0 fully saturated rings. The Morgan fingerprint density at radius 3 is 2.40 bits per heavy atom. The van der Waals surface area contributed by atoms with Crippen LogP contribution >= 0.6 is 0 Å². The number of rotatable bonds is 5. The maximum absolute atomic E-state index is 10.8. The molecule has 0 spiro atoms. The molecule has 1 atom stereocenters. The minimum atomic E-state index is -1.82. The first-order valence-electron chi connectivity index (χ1n) is 4.48. The zero-order valence-corrected chi connectivity index (χ0v) is 8.00. The maximum Gasteiger partial charge on any atom is 0.549 e. The molecule has 0 radical (unpaired) electrons. The Bertz CT molecular complexity index is 317. The van der Waals surface area contributed by atoms with Gasteiger partial charge in [-0.2, -0.15) is 0 Å². The lowest BCUT2D eigenvalue weighted by molar-refractivity contribution is -0.139. The monoisotopic (exact) mass is 209 g/mol. The van der Waals surface area contributed by atoms with E-state index in [4.69, 9.17) is 15.2 Å². The van der Waals surface area contributed by atoms with Gasteiger partial charge in [0, 0.05) is 0 Å². The van der Waals surface area contributed by atoms with Crippen molar-refractivity contribution in [1.82, 2.24) is 5.23 Å². The molecule has 0 unspecified atom stereocenters. The van der Waals surface area contributed by atoms with E-state index >= 15 is 0 Å². The van der Waals surface area contributed by atoms with Crippen molar-refractivity contribution in [2.75, 3.05) is 0 Å². The Kier molecular flexibility index (Phi) is 4.29. The molecule has 15 heavy (non-hydrogen) atoms. The molecule has 4 N–H and O–H groups in total. The summed E-state index contributed by atoms with van der Waals surface area (Å²) in [5.74, 6) is -1.12. The highest BCUT2D eigenvalue weighted by atomic mass is 16.4. The van der Waals surface area contributed by atoms with Gasteiger partial charge in [-0.25, -0.2) is 0 Å². The summed E-state index contributed by atoms with van der Waals surface area (Å²) in [6, 6.07) is 7.97. The summed E-state index contributed by atoms with van der Waals surface area (Å²) in [4.78, 5) is 10.8. The summed E-state index contributed by atoms with van der Waals surface area (Å²) in [6.45, 7) is 0. The molecule has 80 valence electrons. The Balaban J connectivity index is 2.63. The highest BCUT2D eigenvalue weighted by Gasteiger charge is 2.22. The minimum absolute atomic E-state index is 0.202. The van der Waals surface area contributed by atoms with E-state index in [0.717, 1.165) is 5.56 Å². The molecule has 0 heterocycles. The highest BCUT2D eigenvalue weighted by molar-refractivity contribution is 6.38. The Labute approximate surface area is 87.5 Å². The zero-order valence-electron chi connectivity index (χ0n) is 8.00. The first kappa shape index (κ1) is 11.7. The van der Waals surface area contributed by atoms with Crippen molar-refractivity contribution in [3.05, 3.63) is 35.9 Å². The molecule has 0 saturated carbocycles. The largest absolute Gasteiger partial charge is 0.549 e. The van der Waals surface area contributed by atoms with E-state index in [1.54, 1.807) is 24.3 Å². The van der Waals surface area contributed by atoms with Crippen LogP contribution in [0.5, 0.6) is 0 Å². The Hall–Kier alpha value is -1.37. The van der Waals surface area contributed by atoms with E-state index in [1.165, 1.54) is 0 Å². The fraction of sp³-hybridized carbons (Fsp3) is 0.222. The predicted molar refractivity (Wildman–Crippen MR) is 54.9 cm³/mol. The molecule has 0 aliphatic carbocycles. The smallest absolute Gasteiger partial charge is 0.480 e. The van der Waals surface area contributed by atoms with Gasteiger partial charge in [-0.15, -0.1) is 0 Å². The van der Waals surface area contributed by atoms with Crippen LogP contribution in [-0.2, 0) is 11.2 Å². The van der Waals surface area contributed by atoms with Crippen LogP contribution in [0.15, 0.2) is 30.3 Å². The van der Waals surface area contributed by atoms with Gasteiger partial charge in [0.1, 0.15) is 6.04 Å². The number of hydrogen-bond acceptors (Lipinski definition) is 4. The zero-order chi connectivity index (χ0) is 11.3. The van der Waals surface area contributed by atoms with Gasteiger partial charge in [-0.3, -0.25) is 10.0 Å². The number of aliphatic carboxylic acids is 1. The van der Waals surface area contributed by atoms with E-state index < -0.39 is 19.3 Å². The molecular weight excluding hydrogens is 197 g/mol. The number of hydrogen-bond donors (Lipinski definition) is 4. The van der Waals surface area contributed by atoms with Crippen molar-refractivity contribution in [3.63, 3.8) is 0 Å². The normalized spacial score (nSPS) is 12.1. The van der Waals surface area contributed by atoms with Crippen molar-refractivity contribution in [3.8, 4) is 0 Å². The molecule has 0 amide bonds. The van der Waals surface area contributed by atoms with Gasteiger partial charge in [0.05, 0.1) is 0 Å². The summed E-state index contributed by atoms with van der Waals surface area (Å²) in [6.07, 6.45) is 0.202. The molecule has 1 rings (SSSR count). The molecule has 1 aromatic carbocycles. The van der Waals surface area contributed by atoms with Crippen molar-refractivity contribution in [2.24, 2.45) is 0 Å². The van der Waals surface area contributed by atoms with Gasteiger partial charge in [-0.05, 0) is 12.0 Å². The molecule has 1 aromatic rings. The van der Waals surface area contributed by atoms with Gasteiger partial charge < -0.3 is 15.2 Å². The van der Waals surface area contributed by atoms with Crippen LogP contribution in [0, 0.1) is 0 Å². The summed E-state index contributed by atoms with van der Waals surface area (Å²) in [5.41, 5.74) is 0.818. The van der Waals surface area contributed by atoms with Crippen molar-refractivity contribution >= 4 is 13.2 Å². The fourth-order valence-electron chi connectivity index (χ4n) is 1.25. The average molecular weight is 209 g/mol. The van der Waals surface area contributed by atoms with E-state index in [9.17, 15) is 4.79 Å². The topological polar surface area (TPSA) is 89.8 Å². The number of carboxylic acid groups (broad SMARTS) is 1. The lowest BCUT2D eigenvalue weighted by Crippen LogP contribution is -2.47. The summed E-state index contributed by atoms with van der Waals surface area (Å²) in [5, 5.41) is 28.2. The Morgan fingerprint density at radius 1 is 1.33 bits per heavy atom. The molecule has 0 saturated heterocycles. The first-order valence-corrected chi connectivity index (χ1v) is 4.48. The lowest BCUT2D eigenvalue weighted by Gasteiger charge is -2.13. The summed E-state index contributed by atoms with van der Waals surface area (Å²) >= 11 is 0. The van der Waals surface area contributed by atoms with Gasteiger partial charge in [0.2, 0.25) is 0 Å². The Morgan fingerprint density at radius 2 is 1.93 bits per heavy atom. The second-order valence-electron chi connectivity index (χ2n) is 3.12. The van der Waals surface area contributed by atoms with Crippen LogP contribution in [0.2, 0.25) is 0 Å². The van der Waals surface area contributed by atoms with Gasteiger partial charge in [0.15, 0.2) is 0 Å². The van der Waals surface area contributed by atoms with E-state index in [1.807, 2.05) is 6.07 Å². The van der Waals surface area contributed by atoms with Crippen molar-refractivity contribution in [1.29, 1.82) is 0 Å². The molecule has 6 heteroatoms. The van der Waals surface area contributed by atoms with E-state index in [0.29, 0.717) is 0 Å². The summed E-state index contributed by atoms with van der Waals surface area (Å²) in [7, 11) is -1.82. The standard InChI is InChI=1S/C9H12BNO4/c12-9(13)8(11-10(14)15)6-7-4-2-1-3-5-7/h1-5,8,11,14-15H,6H2,(H,12,13)/t8-/m0/s1. The molecule has 5 nitrogen and oxygen atoms in total. The van der Waals surface area contributed by atoms with Crippen LogP contribution in [0.4, 0.5) is 0 Å². The van der Waals surface area contributed by atoms with Gasteiger partial charge in [-0.1, -0.05) is 30.3 Å². The number of benzene rings is 1. The van der Waals surface area contributed by atoms with Gasteiger partial charge in [0.25, 0.3) is 0 Å². The minimum Gasteiger partial charge on any atom is -0.480 e. The quantitative estimate of drug-likeness (QED) is 0.478. The second-order valence-corrected chi connectivity index (χ2v) is 3.12. The third-order valence-electron chi connectivity index (χ3n) is 1.93. The molecule has 0 aliphatic heterocycles. The van der Waals surface area contributed by atoms with Crippen molar-refractivity contribution < 1.29 is 19.9 Å². The molecule has 0 bridgehead atoms. The van der Waals surface area contributed by atoms with Crippen LogP contribution in [0.1, 0.15) is 5.56 Å². The number of nitrogens with one attached hydrogen (secondary N) is 1. The van der Waals surface area contributed by atoms with Crippen LogP contribution in [-0.4, -0.2) is 34.4 Å². The third kappa shape index (κ3) is 4.12. The van der Waals surface area contributed by atoms with Gasteiger partial charge >= 0.3 is 13.2 Å². The average Bonchev–Trinajstić information content (AvgIpc) is 2.17. The van der Waals surface area contributed by atoms with E-state index in [-0.39, 0.29) is 6.42 Å². The fourth-order valence-corrected chi connectivity index (χ4v) is 1.25. The lowest BCUT2D eigenvalue weighted by atomic mass is 10.0. The molecule has 0 aromatic heterocycles. The maximum atomic E-state index is 10.8.